The van der Waals surface area contributed by atoms with E-state index in [-0.39, 0.29) is 5.91 Å². The maximum Gasteiger partial charge on any atom is 0.232 e. The first-order valence-corrected chi connectivity index (χ1v) is 7.23. The van der Waals surface area contributed by atoms with Crippen molar-refractivity contribution in [3.05, 3.63) is 52.4 Å². The number of nitrogens with zero attached hydrogens (tertiary/aromatic N) is 3. The van der Waals surface area contributed by atoms with Crippen LogP contribution in [-0.2, 0) is 11.2 Å². The number of hydrogen-bond acceptors (Lipinski definition) is 3. The molecule has 0 unspecified atom stereocenters. The highest BCUT2D eigenvalue weighted by Gasteiger charge is 2.15. The molecule has 0 bridgehead atoms. The Morgan fingerprint density at radius 1 is 1.20 bits per heavy atom. The summed E-state index contributed by atoms with van der Waals surface area (Å²) in [7, 11) is 0. The Kier molecular flexibility index (Phi) is 4.84. The standard InChI is InChI=1S/C15H16BrN3O/c1-3-19(14-7-6-13(16)10-18-14)15(20)8-12-5-4-11(2)17-9-12/h4-7,9-10H,3,8H2,1-2H3. The lowest BCUT2D eigenvalue weighted by Crippen LogP contribution is -2.32. The lowest BCUT2D eigenvalue weighted by molar-refractivity contribution is -0.118. The largest absolute Gasteiger partial charge is 0.297 e. The van der Waals surface area contributed by atoms with Crippen LogP contribution < -0.4 is 4.90 Å². The summed E-state index contributed by atoms with van der Waals surface area (Å²) in [5.74, 6) is 0.689. The van der Waals surface area contributed by atoms with Crippen LogP contribution in [0.2, 0.25) is 0 Å². The van der Waals surface area contributed by atoms with Crippen molar-refractivity contribution in [1.29, 1.82) is 0 Å². The predicted molar refractivity (Wildman–Crippen MR) is 82.6 cm³/mol. The Morgan fingerprint density at radius 2 is 2.00 bits per heavy atom. The molecule has 1 amide bonds. The topological polar surface area (TPSA) is 46.1 Å². The van der Waals surface area contributed by atoms with Gasteiger partial charge in [-0.2, -0.15) is 0 Å². The quantitative estimate of drug-likeness (QED) is 0.863. The Balaban J connectivity index is 2.13. The van der Waals surface area contributed by atoms with Crippen molar-refractivity contribution in [2.75, 3.05) is 11.4 Å². The van der Waals surface area contributed by atoms with E-state index in [0.29, 0.717) is 18.8 Å². The Bertz CT molecular complexity index is 581. The number of likely N-dealkylation sites (N-methyl/N-ethyl adjacent to an activating group) is 1. The Labute approximate surface area is 127 Å². The van der Waals surface area contributed by atoms with E-state index in [1.165, 1.54) is 0 Å². The van der Waals surface area contributed by atoms with Crippen molar-refractivity contribution in [1.82, 2.24) is 9.97 Å². The smallest absolute Gasteiger partial charge is 0.232 e. The van der Waals surface area contributed by atoms with E-state index in [0.717, 1.165) is 15.7 Å². The fourth-order valence-corrected chi connectivity index (χ4v) is 2.10. The molecule has 2 rings (SSSR count). The molecule has 20 heavy (non-hydrogen) atoms. The van der Waals surface area contributed by atoms with Crippen LogP contribution >= 0.6 is 15.9 Å². The van der Waals surface area contributed by atoms with Crippen molar-refractivity contribution < 1.29 is 4.79 Å². The van der Waals surface area contributed by atoms with Gasteiger partial charge in [-0.1, -0.05) is 6.07 Å². The van der Waals surface area contributed by atoms with Gasteiger partial charge in [-0.25, -0.2) is 4.98 Å². The first-order chi connectivity index (χ1) is 9.60. The van der Waals surface area contributed by atoms with Crippen molar-refractivity contribution >= 4 is 27.7 Å². The lowest BCUT2D eigenvalue weighted by atomic mass is 10.2. The number of aromatic nitrogens is 2. The highest BCUT2D eigenvalue weighted by Crippen LogP contribution is 2.16. The summed E-state index contributed by atoms with van der Waals surface area (Å²) in [5.41, 5.74) is 1.86. The van der Waals surface area contributed by atoms with Gasteiger partial charge in [-0.05, 0) is 53.5 Å². The zero-order valence-electron chi connectivity index (χ0n) is 11.5. The Morgan fingerprint density at radius 3 is 2.55 bits per heavy atom. The number of carbonyl (C=O) groups excluding carboxylic acids is 1. The second kappa shape index (κ2) is 6.61. The molecule has 2 aromatic rings. The van der Waals surface area contributed by atoms with E-state index in [4.69, 9.17) is 0 Å². The second-order valence-electron chi connectivity index (χ2n) is 4.46. The second-order valence-corrected chi connectivity index (χ2v) is 5.37. The summed E-state index contributed by atoms with van der Waals surface area (Å²) < 4.78 is 0.896. The van der Waals surface area contributed by atoms with Crippen LogP contribution in [0, 0.1) is 6.92 Å². The van der Waals surface area contributed by atoms with E-state index in [9.17, 15) is 4.79 Å². The van der Waals surface area contributed by atoms with Crippen molar-refractivity contribution in [3.63, 3.8) is 0 Å². The molecule has 0 aliphatic rings. The minimum Gasteiger partial charge on any atom is -0.297 e. The fraction of sp³-hybridized carbons (Fsp3) is 0.267. The van der Waals surface area contributed by atoms with Crippen LogP contribution in [0.15, 0.2) is 41.1 Å². The summed E-state index contributed by atoms with van der Waals surface area (Å²) in [5, 5.41) is 0. The van der Waals surface area contributed by atoms with E-state index < -0.39 is 0 Å². The third kappa shape index (κ3) is 3.63. The molecule has 0 spiro atoms. The van der Waals surface area contributed by atoms with Crippen LogP contribution in [0.25, 0.3) is 0 Å². The van der Waals surface area contributed by atoms with E-state index in [2.05, 4.69) is 25.9 Å². The van der Waals surface area contributed by atoms with Gasteiger partial charge < -0.3 is 0 Å². The third-order valence-corrected chi connectivity index (χ3v) is 3.40. The summed E-state index contributed by atoms with van der Waals surface area (Å²) in [6.07, 6.45) is 3.77. The molecule has 0 radical (unpaired) electrons. The van der Waals surface area contributed by atoms with Gasteiger partial charge in [0, 0.05) is 29.1 Å². The average molecular weight is 334 g/mol. The predicted octanol–water partition coefficient (Wildman–Crippen LogP) is 3.14. The molecule has 0 N–H and O–H groups in total. The monoisotopic (exact) mass is 333 g/mol. The molecule has 2 heterocycles. The summed E-state index contributed by atoms with van der Waals surface area (Å²) >= 11 is 3.34. The molecule has 0 atom stereocenters. The maximum absolute atomic E-state index is 12.4. The summed E-state index contributed by atoms with van der Waals surface area (Å²) in [4.78, 5) is 22.5. The van der Waals surface area contributed by atoms with Gasteiger partial charge in [-0.15, -0.1) is 0 Å². The third-order valence-electron chi connectivity index (χ3n) is 2.93. The average Bonchev–Trinajstić information content (AvgIpc) is 2.44. The van der Waals surface area contributed by atoms with E-state index in [1.54, 1.807) is 17.3 Å². The normalized spacial score (nSPS) is 10.3. The molecule has 0 aliphatic carbocycles. The number of anilines is 1. The maximum atomic E-state index is 12.4. The summed E-state index contributed by atoms with van der Waals surface area (Å²) in [6.45, 7) is 4.46. The SMILES string of the molecule is CCN(C(=O)Cc1ccc(C)nc1)c1ccc(Br)cn1. The minimum atomic E-state index is 0.0213. The molecule has 104 valence electrons. The summed E-state index contributed by atoms with van der Waals surface area (Å²) in [6, 6.07) is 7.56. The van der Waals surface area contributed by atoms with Gasteiger partial charge in [0.15, 0.2) is 0 Å². The molecular formula is C15H16BrN3O. The molecule has 2 aromatic heterocycles. The first kappa shape index (κ1) is 14.7. The number of halogens is 1. The molecule has 5 heteroatoms. The zero-order chi connectivity index (χ0) is 14.5. The molecule has 4 nitrogen and oxygen atoms in total. The van der Waals surface area contributed by atoms with Gasteiger partial charge in [0.25, 0.3) is 0 Å². The van der Waals surface area contributed by atoms with Crippen LogP contribution in [0.3, 0.4) is 0 Å². The number of pyridine rings is 2. The van der Waals surface area contributed by atoms with Crippen LogP contribution in [-0.4, -0.2) is 22.4 Å². The molecule has 0 saturated carbocycles. The Hall–Kier alpha value is -1.75. The number of carbonyl (C=O) groups is 1. The molecular weight excluding hydrogens is 318 g/mol. The van der Waals surface area contributed by atoms with Crippen molar-refractivity contribution in [2.24, 2.45) is 0 Å². The minimum absolute atomic E-state index is 0.0213. The van der Waals surface area contributed by atoms with Gasteiger partial charge in [-0.3, -0.25) is 14.7 Å². The number of rotatable bonds is 4. The number of hydrogen-bond donors (Lipinski definition) is 0. The lowest BCUT2D eigenvalue weighted by Gasteiger charge is -2.19. The van der Waals surface area contributed by atoms with Crippen LogP contribution in [0.5, 0.6) is 0 Å². The van der Waals surface area contributed by atoms with Crippen LogP contribution in [0.4, 0.5) is 5.82 Å². The van der Waals surface area contributed by atoms with Crippen molar-refractivity contribution in [2.45, 2.75) is 20.3 Å². The fourth-order valence-electron chi connectivity index (χ4n) is 1.87. The van der Waals surface area contributed by atoms with Crippen molar-refractivity contribution in [3.8, 4) is 0 Å². The van der Waals surface area contributed by atoms with E-state index >= 15 is 0 Å². The molecule has 0 aromatic carbocycles. The highest BCUT2D eigenvalue weighted by atomic mass is 79.9. The number of aryl methyl sites for hydroxylation is 1. The molecule has 0 aliphatic heterocycles. The van der Waals surface area contributed by atoms with Gasteiger partial charge in [0.2, 0.25) is 5.91 Å². The molecule has 0 fully saturated rings. The van der Waals surface area contributed by atoms with E-state index in [1.807, 2.05) is 38.1 Å². The number of amides is 1. The van der Waals surface area contributed by atoms with Crippen LogP contribution in [0.1, 0.15) is 18.2 Å². The van der Waals surface area contributed by atoms with Gasteiger partial charge in [0.1, 0.15) is 5.82 Å². The highest BCUT2D eigenvalue weighted by molar-refractivity contribution is 9.10. The first-order valence-electron chi connectivity index (χ1n) is 6.43. The van der Waals surface area contributed by atoms with Gasteiger partial charge in [0.05, 0.1) is 6.42 Å². The van der Waals surface area contributed by atoms with Gasteiger partial charge >= 0.3 is 0 Å². The zero-order valence-corrected chi connectivity index (χ0v) is 13.1. The molecule has 0 saturated heterocycles.